The largest absolute Gasteiger partial charge is 0.383 e. The lowest BCUT2D eigenvalue weighted by Gasteiger charge is -2.17. The average Bonchev–Trinajstić information content (AvgIpc) is 2.27. The molecule has 3 nitrogen and oxygen atoms in total. The fraction of sp³-hybridized carbons (Fsp3) is 0.500. The topological polar surface area (TPSA) is 41.1 Å². The van der Waals surface area contributed by atoms with Crippen LogP contribution in [0.5, 0.6) is 0 Å². The number of benzene rings is 1. The Hall–Kier alpha value is -1.51. The lowest BCUT2D eigenvalue weighted by molar-refractivity contribution is 0.0963. The second kappa shape index (κ2) is 6.28. The molecule has 94 valence electrons. The molecule has 0 radical (unpaired) electrons. The second-order valence-electron chi connectivity index (χ2n) is 4.83. The Balaban J connectivity index is 2.68. The van der Waals surface area contributed by atoms with E-state index >= 15 is 0 Å². The molecule has 1 aromatic carbocycles. The molecule has 1 rings (SSSR count). The molecule has 2 N–H and O–H groups in total. The first-order valence-electron chi connectivity index (χ1n) is 6.11. The van der Waals surface area contributed by atoms with Gasteiger partial charge in [0, 0.05) is 24.3 Å². The van der Waals surface area contributed by atoms with E-state index in [9.17, 15) is 4.79 Å². The summed E-state index contributed by atoms with van der Waals surface area (Å²) in [4.78, 5) is 11.5. The summed E-state index contributed by atoms with van der Waals surface area (Å²) >= 11 is 0. The molecular weight excluding hydrogens is 212 g/mol. The number of anilines is 1. The molecule has 0 saturated carbocycles. The van der Waals surface area contributed by atoms with Crippen LogP contribution in [0.25, 0.3) is 0 Å². The molecule has 17 heavy (non-hydrogen) atoms. The minimum atomic E-state index is -0.0508. The Morgan fingerprint density at radius 2 is 2.00 bits per heavy atom. The number of hydrogen-bond donors (Lipinski definition) is 2. The Kier molecular flexibility index (Phi) is 5.01. The van der Waals surface area contributed by atoms with Crippen molar-refractivity contribution in [3.63, 3.8) is 0 Å². The van der Waals surface area contributed by atoms with Gasteiger partial charge in [0.25, 0.3) is 5.91 Å². The molecule has 0 heterocycles. The Morgan fingerprint density at radius 1 is 1.29 bits per heavy atom. The fourth-order valence-corrected chi connectivity index (χ4v) is 1.95. The van der Waals surface area contributed by atoms with E-state index in [4.69, 9.17) is 0 Å². The summed E-state index contributed by atoms with van der Waals surface area (Å²) in [6, 6.07) is 8.00. The predicted octanol–water partition coefficient (Wildman–Crippen LogP) is 2.89. The predicted molar refractivity (Wildman–Crippen MR) is 72.4 cm³/mol. The summed E-state index contributed by atoms with van der Waals surface area (Å²) in [6.45, 7) is 6.57. The van der Waals surface area contributed by atoms with E-state index < -0.39 is 0 Å². The van der Waals surface area contributed by atoms with E-state index in [0.29, 0.717) is 17.5 Å². The lowest BCUT2D eigenvalue weighted by atomic mass is 10.0. The Bertz CT molecular complexity index is 374. The van der Waals surface area contributed by atoms with E-state index in [1.807, 2.05) is 24.3 Å². The van der Waals surface area contributed by atoms with Crippen molar-refractivity contribution in [3.8, 4) is 0 Å². The highest BCUT2D eigenvalue weighted by molar-refractivity contribution is 5.94. The molecule has 1 unspecified atom stereocenters. The van der Waals surface area contributed by atoms with E-state index in [1.165, 1.54) is 0 Å². The zero-order valence-electron chi connectivity index (χ0n) is 11.1. The van der Waals surface area contributed by atoms with Crippen LogP contribution >= 0.6 is 0 Å². The van der Waals surface area contributed by atoms with Crippen LogP contribution in [0, 0.1) is 5.92 Å². The summed E-state index contributed by atoms with van der Waals surface area (Å²) in [5, 5.41) is 6.04. The summed E-state index contributed by atoms with van der Waals surface area (Å²) in [7, 11) is 1.64. The van der Waals surface area contributed by atoms with Crippen molar-refractivity contribution >= 4 is 11.6 Å². The smallest absolute Gasteiger partial charge is 0.251 e. The van der Waals surface area contributed by atoms with E-state index in [0.717, 1.165) is 12.1 Å². The van der Waals surface area contributed by atoms with Crippen molar-refractivity contribution in [3.05, 3.63) is 29.8 Å². The molecule has 0 fully saturated rings. The molecule has 0 bridgehead atoms. The number of nitrogens with one attached hydrogen (secondary N) is 2. The maximum Gasteiger partial charge on any atom is 0.251 e. The molecule has 0 saturated heterocycles. The molecule has 1 amide bonds. The third-order valence-electron chi connectivity index (χ3n) is 2.59. The molecular formula is C14H22N2O. The summed E-state index contributed by atoms with van der Waals surface area (Å²) < 4.78 is 0. The molecule has 0 aliphatic carbocycles. The number of rotatable bonds is 5. The van der Waals surface area contributed by atoms with Crippen molar-refractivity contribution in [2.45, 2.75) is 33.2 Å². The SMILES string of the molecule is CNC(=O)c1cccc(NC(C)CC(C)C)c1. The minimum Gasteiger partial charge on any atom is -0.383 e. The summed E-state index contributed by atoms with van der Waals surface area (Å²) in [6.07, 6.45) is 1.12. The number of amides is 1. The molecule has 0 spiro atoms. The van der Waals surface area contributed by atoms with Crippen molar-refractivity contribution in [2.75, 3.05) is 12.4 Å². The van der Waals surface area contributed by atoms with Crippen molar-refractivity contribution in [2.24, 2.45) is 5.92 Å². The van der Waals surface area contributed by atoms with Gasteiger partial charge < -0.3 is 10.6 Å². The van der Waals surface area contributed by atoms with E-state index in [1.54, 1.807) is 7.05 Å². The number of hydrogen-bond acceptors (Lipinski definition) is 2. The average molecular weight is 234 g/mol. The first-order chi connectivity index (χ1) is 8.02. The normalized spacial score (nSPS) is 12.3. The molecule has 0 aromatic heterocycles. The summed E-state index contributed by atoms with van der Waals surface area (Å²) in [5.74, 6) is 0.616. The van der Waals surface area contributed by atoms with Gasteiger partial charge in [0.05, 0.1) is 0 Å². The van der Waals surface area contributed by atoms with Gasteiger partial charge >= 0.3 is 0 Å². The van der Waals surface area contributed by atoms with Gasteiger partial charge in [-0.2, -0.15) is 0 Å². The van der Waals surface area contributed by atoms with Gasteiger partial charge in [-0.05, 0) is 37.5 Å². The van der Waals surface area contributed by atoms with Crippen LogP contribution in [0.2, 0.25) is 0 Å². The molecule has 3 heteroatoms. The van der Waals surface area contributed by atoms with Crippen LogP contribution in [0.1, 0.15) is 37.6 Å². The third kappa shape index (κ3) is 4.47. The third-order valence-corrected chi connectivity index (χ3v) is 2.59. The molecule has 0 aliphatic rings. The van der Waals surface area contributed by atoms with Crippen LogP contribution in [0.15, 0.2) is 24.3 Å². The molecule has 0 aliphatic heterocycles. The highest BCUT2D eigenvalue weighted by Crippen LogP contribution is 2.14. The Labute approximate surface area is 104 Å². The Morgan fingerprint density at radius 3 is 2.59 bits per heavy atom. The van der Waals surface area contributed by atoms with Crippen LogP contribution in [-0.2, 0) is 0 Å². The van der Waals surface area contributed by atoms with Crippen LogP contribution in [-0.4, -0.2) is 19.0 Å². The zero-order chi connectivity index (χ0) is 12.8. The van der Waals surface area contributed by atoms with Gasteiger partial charge in [-0.25, -0.2) is 0 Å². The highest BCUT2D eigenvalue weighted by atomic mass is 16.1. The monoisotopic (exact) mass is 234 g/mol. The van der Waals surface area contributed by atoms with Gasteiger partial charge in [0.1, 0.15) is 0 Å². The first kappa shape index (κ1) is 13.6. The second-order valence-corrected chi connectivity index (χ2v) is 4.83. The van der Waals surface area contributed by atoms with Crippen LogP contribution < -0.4 is 10.6 Å². The standard InChI is InChI=1S/C14H22N2O/c1-10(2)8-11(3)16-13-7-5-6-12(9-13)14(17)15-4/h5-7,9-11,16H,8H2,1-4H3,(H,15,17). The van der Waals surface area contributed by atoms with Crippen LogP contribution in [0.4, 0.5) is 5.69 Å². The van der Waals surface area contributed by atoms with E-state index in [-0.39, 0.29) is 5.91 Å². The van der Waals surface area contributed by atoms with Crippen molar-refractivity contribution < 1.29 is 4.79 Å². The number of carbonyl (C=O) groups excluding carboxylic acids is 1. The minimum absolute atomic E-state index is 0.0508. The first-order valence-corrected chi connectivity index (χ1v) is 6.11. The van der Waals surface area contributed by atoms with Gasteiger partial charge in [-0.15, -0.1) is 0 Å². The van der Waals surface area contributed by atoms with Gasteiger partial charge in [-0.3, -0.25) is 4.79 Å². The quantitative estimate of drug-likeness (QED) is 0.822. The lowest BCUT2D eigenvalue weighted by Crippen LogP contribution is -2.20. The fourth-order valence-electron chi connectivity index (χ4n) is 1.95. The molecule has 1 aromatic rings. The summed E-state index contributed by atoms with van der Waals surface area (Å²) in [5.41, 5.74) is 1.69. The van der Waals surface area contributed by atoms with Crippen LogP contribution in [0.3, 0.4) is 0 Å². The maximum atomic E-state index is 11.5. The van der Waals surface area contributed by atoms with Gasteiger partial charge in [-0.1, -0.05) is 19.9 Å². The highest BCUT2D eigenvalue weighted by Gasteiger charge is 2.07. The molecule has 1 atom stereocenters. The zero-order valence-corrected chi connectivity index (χ0v) is 11.1. The maximum absolute atomic E-state index is 11.5. The van der Waals surface area contributed by atoms with Gasteiger partial charge in [0.2, 0.25) is 0 Å². The van der Waals surface area contributed by atoms with E-state index in [2.05, 4.69) is 31.4 Å². The van der Waals surface area contributed by atoms with Gasteiger partial charge in [0.15, 0.2) is 0 Å². The van der Waals surface area contributed by atoms with Crippen molar-refractivity contribution in [1.82, 2.24) is 5.32 Å². The number of carbonyl (C=O) groups is 1. The van der Waals surface area contributed by atoms with Crippen molar-refractivity contribution in [1.29, 1.82) is 0 Å².